The normalized spacial score (nSPS) is 10.6. The minimum absolute atomic E-state index is 0.226. The van der Waals surface area contributed by atoms with E-state index >= 15 is 0 Å². The van der Waals surface area contributed by atoms with Crippen LogP contribution in [0.5, 0.6) is 5.75 Å². The molecule has 0 atom stereocenters. The molecule has 1 aromatic heterocycles. The third-order valence-corrected chi connectivity index (χ3v) is 3.00. The van der Waals surface area contributed by atoms with Crippen LogP contribution >= 0.6 is 11.6 Å². The van der Waals surface area contributed by atoms with Crippen molar-refractivity contribution >= 4 is 29.3 Å². The first-order chi connectivity index (χ1) is 10.7. The molecular formula is C17H17ClN2O2. The highest BCUT2D eigenvalue weighted by Crippen LogP contribution is 2.14. The monoisotopic (exact) mass is 316 g/mol. The molecule has 1 aromatic carbocycles. The van der Waals surface area contributed by atoms with Crippen LogP contribution in [0.2, 0.25) is 5.15 Å². The lowest BCUT2D eigenvalue weighted by Gasteiger charge is -2.04. The van der Waals surface area contributed by atoms with E-state index in [1.54, 1.807) is 18.2 Å². The number of nitrogens with one attached hydrogen (secondary N) is 1. The summed E-state index contributed by atoms with van der Waals surface area (Å²) in [6.07, 6.45) is 5.69. The second-order valence-electron chi connectivity index (χ2n) is 4.61. The predicted molar refractivity (Wildman–Crippen MR) is 89.1 cm³/mol. The Morgan fingerprint density at radius 1 is 1.27 bits per heavy atom. The van der Waals surface area contributed by atoms with Crippen molar-refractivity contribution in [3.8, 4) is 5.75 Å². The number of nitrogens with zero attached hydrogens (tertiary/aromatic N) is 1. The summed E-state index contributed by atoms with van der Waals surface area (Å²) >= 11 is 5.69. The third-order valence-electron chi connectivity index (χ3n) is 2.78. The Morgan fingerprint density at radius 2 is 2.05 bits per heavy atom. The summed E-state index contributed by atoms with van der Waals surface area (Å²) in [5.74, 6) is 0.603. The first-order valence-electron chi connectivity index (χ1n) is 7.01. The number of carbonyl (C=O) groups is 1. The molecule has 0 saturated carbocycles. The van der Waals surface area contributed by atoms with Crippen molar-refractivity contribution in [1.82, 2.24) is 4.98 Å². The first kappa shape index (κ1) is 16.0. The van der Waals surface area contributed by atoms with E-state index in [0.29, 0.717) is 17.4 Å². The molecule has 0 bridgehead atoms. The van der Waals surface area contributed by atoms with Gasteiger partial charge in [-0.15, -0.1) is 0 Å². The lowest BCUT2D eigenvalue weighted by Crippen LogP contribution is -2.07. The largest absolute Gasteiger partial charge is 0.494 e. The first-order valence-corrected chi connectivity index (χ1v) is 7.38. The molecule has 0 spiro atoms. The molecule has 0 aliphatic carbocycles. The fraction of sp³-hybridized carbons (Fsp3) is 0.176. The van der Waals surface area contributed by atoms with Gasteiger partial charge in [0.15, 0.2) is 0 Å². The van der Waals surface area contributed by atoms with Gasteiger partial charge < -0.3 is 10.1 Å². The zero-order valence-electron chi connectivity index (χ0n) is 12.3. The summed E-state index contributed by atoms with van der Waals surface area (Å²) in [6, 6.07) is 10.9. The van der Waals surface area contributed by atoms with Gasteiger partial charge in [-0.1, -0.05) is 30.7 Å². The number of hydrogen-bond acceptors (Lipinski definition) is 3. The lowest BCUT2D eigenvalue weighted by atomic mass is 10.2. The topological polar surface area (TPSA) is 51.2 Å². The van der Waals surface area contributed by atoms with Crippen molar-refractivity contribution in [3.05, 3.63) is 59.4 Å². The summed E-state index contributed by atoms with van der Waals surface area (Å²) in [6.45, 7) is 2.76. The van der Waals surface area contributed by atoms with Crippen LogP contribution in [0.4, 0.5) is 5.69 Å². The Balaban J connectivity index is 1.90. The molecule has 0 unspecified atom stereocenters. The Hall–Kier alpha value is -2.33. The SMILES string of the molecule is CCCOc1ccc(/C=C/C(=O)Nc2ccc(Cl)nc2)cc1. The van der Waals surface area contributed by atoms with Crippen LogP contribution < -0.4 is 10.1 Å². The molecule has 5 heteroatoms. The van der Waals surface area contributed by atoms with Crippen LogP contribution in [0.1, 0.15) is 18.9 Å². The number of rotatable bonds is 6. The number of ether oxygens (including phenoxy) is 1. The molecule has 22 heavy (non-hydrogen) atoms. The zero-order chi connectivity index (χ0) is 15.8. The quantitative estimate of drug-likeness (QED) is 0.642. The van der Waals surface area contributed by atoms with Crippen molar-refractivity contribution in [2.24, 2.45) is 0 Å². The van der Waals surface area contributed by atoms with Gasteiger partial charge in [0.1, 0.15) is 10.9 Å². The molecule has 1 amide bonds. The molecule has 1 heterocycles. The maximum Gasteiger partial charge on any atom is 0.248 e. The molecule has 0 aliphatic heterocycles. The van der Waals surface area contributed by atoms with Gasteiger partial charge >= 0.3 is 0 Å². The molecular weight excluding hydrogens is 300 g/mol. The van der Waals surface area contributed by atoms with Crippen molar-refractivity contribution in [3.63, 3.8) is 0 Å². The number of aromatic nitrogens is 1. The van der Waals surface area contributed by atoms with Crippen LogP contribution in [0.15, 0.2) is 48.7 Å². The van der Waals surface area contributed by atoms with Gasteiger partial charge in [0, 0.05) is 6.08 Å². The molecule has 2 rings (SSSR count). The maximum absolute atomic E-state index is 11.8. The predicted octanol–water partition coefficient (Wildman–Crippen LogP) is 4.18. The summed E-state index contributed by atoms with van der Waals surface area (Å²) in [4.78, 5) is 15.7. The van der Waals surface area contributed by atoms with Crippen molar-refractivity contribution in [2.75, 3.05) is 11.9 Å². The average molecular weight is 317 g/mol. The van der Waals surface area contributed by atoms with Gasteiger partial charge in [0.05, 0.1) is 18.5 Å². The van der Waals surface area contributed by atoms with E-state index in [9.17, 15) is 4.79 Å². The van der Waals surface area contributed by atoms with Gasteiger partial charge in [-0.2, -0.15) is 0 Å². The zero-order valence-corrected chi connectivity index (χ0v) is 13.0. The summed E-state index contributed by atoms with van der Waals surface area (Å²) in [5.41, 5.74) is 1.52. The fourth-order valence-corrected chi connectivity index (χ4v) is 1.81. The van der Waals surface area contributed by atoms with Crippen LogP contribution in [0.3, 0.4) is 0 Å². The Labute approximate surface area is 134 Å². The number of hydrogen-bond donors (Lipinski definition) is 1. The van der Waals surface area contributed by atoms with E-state index in [-0.39, 0.29) is 5.91 Å². The van der Waals surface area contributed by atoms with Crippen LogP contribution in [0, 0.1) is 0 Å². The average Bonchev–Trinajstić information content (AvgIpc) is 2.54. The van der Waals surface area contributed by atoms with Gasteiger partial charge in [-0.3, -0.25) is 4.79 Å². The summed E-state index contributed by atoms with van der Waals surface area (Å²) < 4.78 is 5.50. The van der Waals surface area contributed by atoms with E-state index < -0.39 is 0 Å². The third kappa shape index (κ3) is 5.22. The molecule has 114 valence electrons. The molecule has 0 saturated heterocycles. The van der Waals surface area contributed by atoms with Crippen molar-refractivity contribution in [1.29, 1.82) is 0 Å². The smallest absolute Gasteiger partial charge is 0.248 e. The molecule has 1 N–H and O–H groups in total. The number of benzene rings is 1. The highest BCUT2D eigenvalue weighted by molar-refractivity contribution is 6.29. The maximum atomic E-state index is 11.8. The Bertz CT molecular complexity index is 637. The highest BCUT2D eigenvalue weighted by atomic mass is 35.5. The number of carbonyl (C=O) groups excluding carboxylic acids is 1. The van der Waals surface area contributed by atoms with Gasteiger partial charge in [-0.05, 0) is 42.3 Å². The molecule has 4 nitrogen and oxygen atoms in total. The molecule has 2 aromatic rings. The number of halogens is 1. The summed E-state index contributed by atoms with van der Waals surface area (Å²) in [7, 11) is 0. The van der Waals surface area contributed by atoms with E-state index in [0.717, 1.165) is 17.7 Å². The van der Waals surface area contributed by atoms with Crippen LogP contribution in [-0.4, -0.2) is 17.5 Å². The molecule has 0 aliphatic rings. The van der Waals surface area contributed by atoms with Gasteiger partial charge in [0.2, 0.25) is 5.91 Å². The summed E-state index contributed by atoms with van der Waals surface area (Å²) in [5, 5.41) is 3.09. The Morgan fingerprint density at radius 3 is 2.68 bits per heavy atom. The second-order valence-corrected chi connectivity index (χ2v) is 5.00. The van der Waals surface area contributed by atoms with Crippen LogP contribution in [-0.2, 0) is 4.79 Å². The minimum atomic E-state index is -0.226. The fourth-order valence-electron chi connectivity index (χ4n) is 1.70. The minimum Gasteiger partial charge on any atom is -0.494 e. The van der Waals surface area contributed by atoms with Gasteiger partial charge in [-0.25, -0.2) is 4.98 Å². The van der Waals surface area contributed by atoms with E-state index in [4.69, 9.17) is 16.3 Å². The number of pyridine rings is 1. The highest BCUT2D eigenvalue weighted by Gasteiger charge is 1.99. The van der Waals surface area contributed by atoms with Crippen molar-refractivity contribution in [2.45, 2.75) is 13.3 Å². The van der Waals surface area contributed by atoms with Gasteiger partial charge in [0.25, 0.3) is 0 Å². The molecule has 0 radical (unpaired) electrons. The van der Waals surface area contributed by atoms with E-state index in [1.807, 2.05) is 24.3 Å². The number of amides is 1. The second kappa shape index (κ2) is 8.20. The number of anilines is 1. The molecule has 0 fully saturated rings. The Kier molecular flexibility index (Phi) is 5.98. The van der Waals surface area contributed by atoms with Crippen molar-refractivity contribution < 1.29 is 9.53 Å². The van der Waals surface area contributed by atoms with Crippen LogP contribution in [0.25, 0.3) is 6.08 Å². The lowest BCUT2D eigenvalue weighted by molar-refractivity contribution is -0.111. The van der Waals surface area contributed by atoms with E-state index in [2.05, 4.69) is 17.2 Å². The standard InChI is InChI=1S/C17H17ClN2O2/c1-2-11-22-15-7-3-13(4-8-15)5-10-17(21)20-14-6-9-16(18)19-12-14/h3-10,12H,2,11H2,1H3,(H,20,21)/b10-5+. The van der Waals surface area contributed by atoms with E-state index in [1.165, 1.54) is 12.3 Å².